The maximum absolute atomic E-state index is 12.2. The summed E-state index contributed by atoms with van der Waals surface area (Å²) in [5, 5.41) is 11.9. The second-order valence-electron chi connectivity index (χ2n) is 5.69. The highest BCUT2D eigenvalue weighted by molar-refractivity contribution is 5.94. The van der Waals surface area contributed by atoms with Crippen molar-refractivity contribution in [2.75, 3.05) is 6.54 Å². The number of hydrogen-bond acceptors (Lipinski definition) is 2. The lowest BCUT2D eigenvalue weighted by atomic mass is 9.83. The maximum atomic E-state index is 12.2. The van der Waals surface area contributed by atoms with Crippen LogP contribution in [-0.4, -0.2) is 12.5 Å². The molecule has 3 rings (SSSR count). The molecule has 22 heavy (non-hydrogen) atoms. The predicted octanol–water partition coefficient (Wildman–Crippen LogP) is 3.41. The lowest BCUT2D eigenvalue weighted by Gasteiger charge is -2.25. The van der Waals surface area contributed by atoms with Gasteiger partial charge in [0.2, 0.25) is 0 Å². The average molecular weight is 290 g/mol. The maximum Gasteiger partial charge on any atom is 0.251 e. The fourth-order valence-corrected chi connectivity index (χ4v) is 3.11. The highest BCUT2D eigenvalue weighted by atomic mass is 16.1. The Balaban J connectivity index is 1.68. The summed E-state index contributed by atoms with van der Waals surface area (Å²) < 4.78 is 0. The number of carbonyl (C=O) groups is 1. The molecular formula is C19H18N2O. The van der Waals surface area contributed by atoms with Crippen LogP contribution in [0, 0.1) is 11.3 Å². The van der Waals surface area contributed by atoms with Crippen molar-refractivity contribution < 1.29 is 4.79 Å². The Kier molecular flexibility index (Phi) is 4.20. The van der Waals surface area contributed by atoms with Gasteiger partial charge in [0.05, 0.1) is 11.6 Å². The molecule has 1 N–H and O–H groups in total. The third-order valence-electron chi connectivity index (χ3n) is 4.26. The van der Waals surface area contributed by atoms with Crippen LogP contribution >= 0.6 is 0 Å². The van der Waals surface area contributed by atoms with E-state index in [-0.39, 0.29) is 5.91 Å². The first-order valence-corrected chi connectivity index (χ1v) is 7.64. The van der Waals surface area contributed by atoms with Crippen LogP contribution in [0.5, 0.6) is 0 Å². The molecule has 1 atom stereocenters. The average Bonchev–Trinajstić information content (AvgIpc) is 2.59. The number of carbonyl (C=O) groups excluding carboxylic acids is 1. The number of hydrogen-bond donors (Lipinski definition) is 1. The topological polar surface area (TPSA) is 52.9 Å². The summed E-state index contributed by atoms with van der Waals surface area (Å²) in [7, 11) is 0. The van der Waals surface area contributed by atoms with Crippen LogP contribution in [-0.2, 0) is 6.42 Å². The quantitative estimate of drug-likeness (QED) is 0.941. The summed E-state index contributed by atoms with van der Waals surface area (Å²) in [5.41, 5.74) is 3.82. The molecule has 2 aromatic rings. The standard InChI is InChI=1S/C19H18N2O/c20-12-14-5-3-8-16(11-14)19(22)21-13-17-9-4-7-15-6-1-2-10-18(15)17/h1-3,5-6,8,10-11,17H,4,7,9,13H2,(H,21,22)/t17-/m1/s1. The van der Waals surface area contributed by atoms with Crippen LogP contribution in [0.15, 0.2) is 48.5 Å². The molecule has 0 heterocycles. The summed E-state index contributed by atoms with van der Waals surface area (Å²) >= 11 is 0. The minimum absolute atomic E-state index is 0.111. The molecule has 0 aromatic heterocycles. The van der Waals surface area contributed by atoms with Gasteiger partial charge in [-0.25, -0.2) is 0 Å². The van der Waals surface area contributed by atoms with Gasteiger partial charge >= 0.3 is 0 Å². The third-order valence-corrected chi connectivity index (χ3v) is 4.26. The summed E-state index contributed by atoms with van der Waals surface area (Å²) in [6.45, 7) is 0.645. The van der Waals surface area contributed by atoms with E-state index in [1.807, 2.05) is 0 Å². The molecule has 2 aromatic carbocycles. The zero-order chi connectivity index (χ0) is 15.4. The largest absolute Gasteiger partial charge is 0.351 e. The number of benzene rings is 2. The van der Waals surface area contributed by atoms with Gasteiger partial charge in [-0.15, -0.1) is 0 Å². The molecule has 1 amide bonds. The Morgan fingerprint density at radius 2 is 2.09 bits per heavy atom. The Bertz CT molecular complexity index is 730. The number of nitrogens with zero attached hydrogens (tertiary/aromatic N) is 1. The molecule has 3 heteroatoms. The van der Waals surface area contributed by atoms with Gasteiger partial charge in [0.1, 0.15) is 0 Å². The molecule has 0 saturated carbocycles. The molecule has 1 aliphatic rings. The second-order valence-corrected chi connectivity index (χ2v) is 5.69. The van der Waals surface area contributed by atoms with E-state index in [1.165, 1.54) is 17.5 Å². The number of fused-ring (bicyclic) bond motifs is 1. The zero-order valence-electron chi connectivity index (χ0n) is 12.4. The summed E-state index contributed by atoms with van der Waals surface area (Å²) in [6, 6.07) is 17.4. The van der Waals surface area contributed by atoms with Gasteiger partial charge in [0, 0.05) is 18.0 Å². The van der Waals surface area contributed by atoms with Gasteiger partial charge < -0.3 is 5.32 Å². The highest BCUT2D eigenvalue weighted by Crippen LogP contribution is 2.30. The van der Waals surface area contributed by atoms with E-state index in [4.69, 9.17) is 5.26 Å². The van der Waals surface area contributed by atoms with E-state index in [1.54, 1.807) is 24.3 Å². The van der Waals surface area contributed by atoms with Crippen molar-refractivity contribution in [1.29, 1.82) is 5.26 Å². The molecule has 3 nitrogen and oxygen atoms in total. The van der Waals surface area contributed by atoms with Crippen LogP contribution in [0.3, 0.4) is 0 Å². The fraction of sp³-hybridized carbons (Fsp3) is 0.263. The summed E-state index contributed by atoms with van der Waals surface area (Å²) in [5.74, 6) is 0.271. The van der Waals surface area contributed by atoms with Crippen molar-refractivity contribution in [2.45, 2.75) is 25.2 Å². The van der Waals surface area contributed by atoms with E-state index in [9.17, 15) is 4.79 Å². The van der Waals surface area contributed by atoms with Crippen LogP contribution in [0.2, 0.25) is 0 Å². The molecule has 0 bridgehead atoms. The van der Waals surface area contributed by atoms with Crippen molar-refractivity contribution in [3.8, 4) is 6.07 Å². The Hall–Kier alpha value is -2.60. The van der Waals surface area contributed by atoms with E-state index < -0.39 is 0 Å². The molecular weight excluding hydrogens is 272 g/mol. The molecule has 0 saturated heterocycles. The first kappa shape index (κ1) is 14.3. The van der Waals surface area contributed by atoms with Crippen molar-refractivity contribution in [3.63, 3.8) is 0 Å². The van der Waals surface area contributed by atoms with E-state index in [2.05, 4.69) is 35.7 Å². The van der Waals surface area contributed by atoms with E-state index in [0.717, 1.165) is 12.8 Å². The number of nitrogens with one attached hydrogen (secondary N) is 1. The summed E-state index contributed by atoms with van der Waals surface area (Å²) in [6.07, 6.45) is 3.40. The Morgan fingerprint density at radius 1 is 1.23 bits per heavy atom. The number of rotatable bonds is 3. The second kappa shape index (κ2) is 6.44. The third kappa shape index (κ3) is 3.01. The van der Waals surface area contributed by atoms with Crippen LogP contribution in [0.4, 0.5) is 0 Å². The number of amides is 1. The Morgan fingerprint density at radius 3 is 2.95 bits per heavy atom. The van der Waals surface area contributed by atoms with Crippen LogP contribution < -0.4 is 5.32 Å². The molecule has 0 unspecified atom stereocenters. The first-order chi connectivity index (χ1) is 10.8. The van der Waals surface area contributed by atoms with Gasteiger partial charge in [-0.05, 0) is 48.6 Å². The molecule has 0 radical (unpaired) electrons. The van der Waals surface area contributed by atoms with Crippen molar-refractivity contribution in [2.24, 2.45) is 0 Å². The normalized spacial score (nSPS) is 16.4. The van der Waals surface area contributed by atoms with Gasteiger partial charge in [0.15, 0.2) is 0 Å². The predicted molar refractivity (Wildman–Crippen MR) is 85.6 cm³/mol. The first-order valence-electron chi connectivity index (χ1n) is 7.64. The number of aryl methyl sites for hydroxylation is 1. The SMILES string of the molecule is N#Cc1cccc(C(=O)NC[C@H]2CCCc3ccccc32)c1. The summed E-state index contributed by atoms with van der Waals surface area (Å²) in [4.78, 5) is 12.2. The van der Waals surface area contributed by atoms with Gasteiger partial charge in [-0.3, -0.25) is 4.79 Å². The van der Waals surface area contributed by atoms with Crippen molar-refractivity contribution in [1.82, 2.24) is 5.32 Å². The molecule has 110 valence electrons. The lowest BCUT2D eigenvalue weighted by molar-refractivity contribution is 0.0950. The Labute approximate surface area is 130 Å². The minimum Gasteiger partial charge on any atom is -0.351 e. The van der Waals surface area contributed by atoms with Gasteiger partial charge in [-0.2, -0.15) is 5.26 Å². The van der Waals surface area contributed by atoms with E-state index >= 15 is 0 Å². The highest BCUT2D eigenvalue weighted by Gasteiger charge is 2.20. The van der Waals surface area contributed by atoms with Crippen molar-refractivity contribution >= 4 is 5.91 Å². The smallest absolute Gasteiger partial charge is 0.251 e. The molecule has 0 fully saturated rings. The van der Waals surface area contributed by atoms with Gasteiger partial charge in [-0.1, -0.05) is 30.3 Å². The number of nitriles is 1. The monoisotopic (exact) mass is 290 g/mol. The van der Waals surface area contributed by atoms with Crippen LogP contribution in [0.25, 0.3) is 0 Å². The molecule has 0 aliphatic heterocycles. The lowest BCUT2D eigenvalue weighted by Crippen LogP contribution is -2.30. The minimum atomic E-state index is -0.111. The zero-order valence-corrected chi connectivity index (χ0v) is 12.4. The van der Waals surface area contributed by atoms with Crippen molar-refractivity contribution in [3.05, 3.63) is 70.8 Å². The van der Waals surface area contributed by atoms with E-state index in [0.29, 0.717) is 23.6 Å². The van der Waals surface area contributed by atoms with Crippen LogP contribution in [0.1, 0.15) is 45.8 Å². The molecule has 0 spiro atoms. The van der Waals surface area contributed by atoms with Gasteiger partial charge in [0.25, 0.3) is 5.91 Å². The molecule has 1 aliphatic carbocycles. The fourth-order valence-electron chi connectivity index (χ4n) is 3.11.